The van der Waals surface area contributed by atoms with Crippen molar-refractivity contribution in [2.24, 2.45) is 5.92 Å². The Kier molecular flexibility index (Phi) is 4.89. The molecular weight excluding hydrogens is 276 g/mol. The minimum atomic E-state index is -0.953. The summed E-state index contributed by atoms with van der Waals surface area (Å²) in [7, 11) is 0. The van der Waals surface area contributed by atoms with Crippen molar-refractivity contribution in [2.45, 2.75) is 32.7 Å². The van der Waals surface area contributed by atoms with E-state index in [2.05, 4.69) is 15.2 Å². The molecule has 2 atom stereocenters. The highest BCUT2D eigenvalue weighted by Crippen LogP contribution is 2.21. The Morgan fingerprint density at radius 1 is 1.43 bits per heavy atom. The number of aryl methyl sites for hydroxylation is 1. The average Bonchev–Trinajstić information content (AvgIpc) is 3.09. The van der Waals surface area contributed by atoms with Crippen LogP contribution in [0.3, 0.4) is 0 Å². The zero-order chi connectivity index (χ0) is 15.4. The molecular formula is C13H20N4O4. The fraction of sp³-hybridized carbons (Fsp3) is 0.692. The number of amides is 1. The van der Waals surface area contributed by atoms with Crippen molar-refractivity contribution in [3.63, 3.8) is 0 Å². The first-order valence-electron chi connectivity index (χ1n) is 7.11. The van der Waals surface area contributed by atoms with Gasteiger partial charge in [0.1, 0.15) is 11.7 Å². The maximum atomic E-state index is 12.5. The van der Waals surface area contributed by atoms with Crippen LogP contribution in [0.1, 0.15) is 36.7 Å². The van der Waals surface area contributed by atoms with Crippen molar-refractivity contribution in [3.8, 4) is 0 Å². The third kappa shape index (κ3) is 3.21. The lowest BCUT2D eigenvalue weighted by Crippen LogP contribution is -2.46. The average molecular weight is 296 g/mol. The van der Waals surface area contributed by atoms with Crippen molar-refractivity contribution in [3.05, 3.63) is 11.6 Å². The number of carboxylic acids is 1. The van der Waals surface area contributed by atoms with Crippen LogP contribution < -0.4 is 0 Å². The fourth-order valence-electron chi connectivity index (χ4n) is 2.48. The Morgan fingerprint density at radius 2 is 2.19 bits per heavy atom. The summed E-state index contributed by atoms with van der Waals surface area (Å²) in [5.41, 5.74) is 0. The number of H-pyrrole nitrogens is 1. The molecule has 0 spiro atoms. The van der Waals surface area contributed by atoms with Gasteiger partial charge in [-0.15, -0.1) is 5.10 Å². The van der Waals surface area contributed by atoms with E-state index in [0.29, 0.717) is 12.4 Å². The van der Waals surface area contributed by atoms with E-state index in [1.165, 1.54) is 4.90 Å². The number of carbonyl (C=O) groups excluding carboxylic acids is 1. The standard InChI is InChI=1S/C13H20N4O4/c1-3-5-10-14-11(16-15-10)12(18)17(4-2)9-7-21-6-8(9)13(19)20/h8-9H,3-7H2,1-2H3,(H,19,20)(H,14,15,16). The van der Waals surface area contributed by atoms with E-state index in [4.69, 9.17) is 4.74 Å². The van der Waals surface area contributed by atoms with Gasteiger partial charge >= 0.3 is 5.97 Å². The molecule has 0 radical (unpaired) electrons. The van der Waals surface area contributed by atoms with Crippen LogP contribution in [-0.4, -0.2) is 62.9 Å². The molecule has 0 aromatic carbocycles. The van der Waals surface area contributed by atoms with Gasteiger partial charge in [0.05, 0.1) is 19.3 Å². The monoisotopic (exact) mass is 296 g/mol. The van der Waals surface area contributed by atoms with Crippen molar-refractivity contribution in [2.75, 3.05) is 19.8 Å². The minimum Gasteiger partial charge on any atom is -0.481 e. The highest BCUT2D eigenvalue weighted by atomic mass is 16.5. The summed E-state index contributed by atoms with van der Waals surface area (Å²) in [6.07, 6.45) is 1.62. The second kappa shape index (κ2) is 6.66. The molecule has 1 amide bonds. The lowest BCUT2D eigenvalue weighted by atomic mass is 10.0. The molecule has 0 aliphatic carbocycles. The summed E-state index contributed by atoms with van der Waals surface area (Å²) < 4.78 is 5.22. The number of hydrogen-bond acceptors (Lipinski definition) is 5. The van der Waals surface area contributed by atoms with E-state index in [9.17, 15) is 14.7 Å². The maximum Gasteiger partial charge on any atom is 0.311 e. The Hall–Kier alpha value is -1.96. The van der Waals surface area contributed by atoms with Gasteiger partial charge in [-0.25, -0.2) is 4.98 Å². The number of hydrogen-bond donors (Lipinski definition) is 2. The van der Waals surface area contributed by atoms with Crippen LogP contribution in [0, 0.1) is 5.92 Å². The summed E-state index contributed by atoms with van der Waals surface area (Å²) in [4.78, 5) is 29.3. The van der Waals surface area contributed by atoms with Gasteiger partial charge in [0, 0.05) is 13.0 Å². The van der Waals surface area contributed by atoms with Crippen LogP contribution in [0.15, 0.2) is 0 Å². The molecule has 1 fully saturated rings. The topological polar surface area (TPSA) is 108 Å². The second-order valence-corrected chi connectivity index (χ2v) is 5.00. The summed E-state index contributed by atoms with van der Waals surface area (Å²) in [6, 6.07) is -0.479. The van der Waals surface area contributed by atoms with Crippen molar-refractivity contribution in [1.82, 2.24) is 20.1 Å². The molecule has 8 nitrogen and oxygen atoms in total. The molecule has 1 aliphatic heterocycles. The number of nitrogens with one attached hydrogen (secondary N) is 1. The molecule has 1 aromatic heterocycles. The third-order valence-electron chi connectivity index (χ3n) is 3.58. The van der Waals surface area contributed by atoms with Crippen LogP contribution in [0.5, 0.6) is 0 Å². The summed E-state index contributed by atoms with van der Waals surface area (Å²) >= 11 is 0. The molecule has 0 saturated carbocycles. The number of likely N-dealkylation sites (N-methyl/N-ethyl adjacent to an activating group) is 1. The quantitative estimate of drug-likeness (QED) is 0.782. The Morgan fingerprint density at radius 3 is 2.81 bits per heavy atom. The van der Waals surface area contributed by atoms with Gasteiger partial charge in [-0.3, -0.25) is 14.7 Å². The van der Waals surface area contributed by atoms with Crippen LogP contribution in [-0.2, 0) is 16.0 Å². The fourth-order valence-corrected chi connectivity index (χ4v) is 2.48. The first kappa shape index (κ1) is 15.4. The number of ether oxygens (including phenoxy) is 1. The van der Waals surface area contributed by atoms with Gasteiger partial charge in [-0.1, -0.05) is 6.92 Å². The van der Waals surface area contributed by atoms with Gasteiger partial charge in [-0.05, 0) is 13.3 Å². The van der Waals surface area contributed by atoms with Gasteiger partial charge in [0.15, 0.2) is 0 Å². The smallest absolute Gasteiger partial charge is 0.311 e. The van der Waals surface area contributed by atoms with Crippen molar-refractivity contribution in [1.29, 1.82) is 0 Å². The Labute approximate surface area is 122 Å². The molecule has 1 saturated heterocycles. The number of nitrogens with zero attached hydrogens (tertiary/aromatic N) is 3. The summed E-state index contributed by atoms with van der Waals surface area (Å²) in [6.45, 7) is 4.54. The van der Waals surface area contributed by atoms with Crippen LogP contribution >= 0.6 is 0 Å². The molecule has 1 aromatic rings. The molecule has 1 aliphatic rings. The first-order chi connectivity index (χ1) is 10.1. The predicted molar refractivity (Wildman–Crippen MR) is 72.8 cm³/mol. The highest BCUT2D eigenvalue weighted by molar-refractivity contribution is 5.91. The Balaban J connectivity index is 2.15. The molecule has 21 heavy (non-hydrogen) atoms. The van der Waals surface area contributed by atoms with E-state index < -0.39 is 17.9 Å². The molecule has 0 bridgehead atoms. The number of carbonyl (C=O) groups is 2. The first-order valence-corrected chi connectivity index (χ1v) is 7.11. The zero-order valence-electron chi connectivity index (χ0n) is 12.2. The number of aromatic nitrogens is 3. The summed E-state index contributed by atoms with van der Waals surface area (Å²) in [5.74, 6) is -1.28. The predicted octanol–water partition coefficient (Wildman–Crippen LogP) is 0.319. The van der Waals surface area contributed by atoms with E-state index in [-0.39, 0.29) is 24.9 Å². The lowest BCUT2D eigenvalue weighted by molar-refractivity contribution is -0.142. The SMILES string of the molecule is CCCc1nc(C(=O)N(CC)C2COCC2C(=O)O)n[nH]1. The highest BCUT2D eigenvalue weighted by Gasteiger charge is 2.40. The van der Waals surface area contributed by atoms with Crippen LogP contribution in [0.2, 0.25) is 0 Å². The second-order valence-electron chi connectivity index (χ2n) is 5.00. The summed E-state index contributed by atoms with van der Waals surface area (Å²) in [5, 5.41) is 15.9. The number of rotatable bonds is 6. The van der Waals surface area contributed by atoms with Crippen LogP contribution in [0.25, 0.3) is 0 Å². The molecule has 2 N–H and O–H groups in total. The van der Waals surface area contributed by atoms with Crippen LogP contribution in [0.4, 0.5) is 0 Å². The van der Waals surface area contributed by atoms with E-state index in [0.717, 1.165) is 12.8 Å². The number of carboxylic acid groups (broad SMARTS) is 1. The van der Waals surface area contributed by atoms with E-state index >= 15 is 0 Å². The van der Waals surface area contributed by atoms with E-state index in [1.54, 1.807) is 6.92 Å². The van der Waals surface area contributed by atoms with E-state index in [1.807, 2.05) is 6.92 Å². The number of aromatic amines is 1. The third-order valence-corrected chi connectivity index (χ3v) is 3.58. The normalized spacial score (nSPS) is 21.4. The largest absolute Gasteiger partial charge is 0.481 e. The minimum absolute atomic E-state index is 0.0799. The zero-order valence-corrected chi connectivity index (χ0v) is 12.2. The number of aliphatic carboxylic acids is 1. The van der Waals surface area contributed by atoms with Crippen molar-refractivity contribution < 1.29 is 19.4 Å². The molecule has 116 valence electrons. The van der Waals surface area contributed by atoms with Gasteiger partial charge in [0.2, 0.25) is 5.82 Å². The van der Waals surface area contributed by atoms with Gasteiger partial charge in [0.25, 0.3) is 5.91 Å². The van der Waals surface area contributed by atoms with Crippen molar-refractivity contribution >= 4 is 11.9 Å². The molecule has 2 unspecified atom stereocenters. The molecule has 8 heteroatoms. The maximum absolute atomic E-state index is 12.5. The molecule has 2 rings (SSSR count). The lowest BCUT2D eigenvalue weighted by Gasteiger charge is -2.28. The van der Waals surface area contributed by atoms with Gasteiger partial charge in [-0.2, -0.15) is 0 Å². The molecule has 2 heterocycles. The Bertz CT molecular complexity index is 516. The van der Waals surface area contributed by atoms with Gasteiger partial charge < -0.3 is 14.7 Å².